The smallest absolute Gasteiger partial charge is 0.191 e. The molecule has 0 aliphatic rings. The maximum Gasteiger partial charge on any atom is 0.191 e. The Hall–Kier alpha value is -0.540. The molecule has 0 unspecified atom stereocenters. The molecule has 2 aromatic rings. The molecule has 0 spiro atoms. The second-order valence-electron chi connectivity index (χ2n) is 3.94. The van der Waals surface area contributed by atoms with E-state index in [1.807, 2.05) is 6.07 Å². The van der Waals surface area contributed by atoms with Crippen LogP contribution in [-0.2, 0) is 13.0 Å². The molecule has 4 nitrogen and oxygen atoms in total. The van der Waals surface area contributed by atoms with Gasteiger partial charge in [-0.2, -0.15) is 0 Å². The molecule has 0 bridgehead atoms. The van der Waals surface area contributed by atoms with Gasteiger partial charge >= 0.3 is 0 Å². The molecular weight excluding hydrogens is 453 g/mol. The van der Waals surface area contributed by atoms with Crippen molar-refractivity contribution in [1.29, 1.82) is 0 Å². The maximum absolute atomic E-state index is 5.02. The van der Waals surface area contributed by atoms with Crippen molar-refractivity contribution in [3.63, 3.8) is 0 Å². The van der Waals surface area contributed by atoms with Gasteiger partial charge in [0, 0.05) is 30.6 Å². The van der Waals surface area contributed by atoms with E-state index < -0.39 is 0 Å². The van der Waals surface area contributed by atoms with E-state index >= 15 is 0 Å². The van der Waals surface area contributed by atoms with E-state index in [4.69, 9.17) is 4.42 Å². The average Bonchev–Trinajstić information content (AvgIpc) is 3.05. The number of guanidine groups is 1. The Balaban J connectivity index is 0.00000200. The van der Waals surface area contributed by atoms with Crippen molar-refractivity contribution in [1.82, 2.24) is 10.6 Å². The van der Waals surface area contributed by atoms with Gasteiger partial charge in [-0.1, -0.05) is 0 Å². The van der Waals surface area contributed by atoms with Crippen LogP contribution in [0.4, 0.5) is 0 Å². The minimum Gasteiger partial charge on any atom is -0.472 e. The van der Waals surface area contributed by atoms with Gasteiger partial charge in [0.05, 0.1) is 16.3 Å². The van der Waals surface area contributed by atoms with Crippen molar-refractivity contribution in [2.75, 3.05) is 13.6 Å². The number of rotatable bonds is 5. The van der Waals surface area contributed by atoms with E-state index in [1.54, 1.807) is 30.9 Å². The highest BCUT2D eigenvalue weighted by molar-refractivity contribution is 14.0. The van der Waals surface area contributed by atoms with Crippen LogP contribution in [0.25, 0.3) is 0 Å². The van der Waals surface area contributed by atoms with Gasteiger partial charge in [-0.15, -0.1) is 35.3 Å². The number of aliphatic imine (C=N–C) groups is 1. The summed E-state index contributed by atoms with van der Waals surface area (Å²) in [6, 6.07) is 6.15. The van der Waals surface area contributed by atoms with Crippen LogP contribution < -0.4 is 10.6 Å². The third-order valence-corrected chi connectivity index (χ3v) is 4.24. The monoisotopic (exact) mass is 469 g/mol. The van der Waals surface area contributed by atoms with Crippen LogP contribution in [0.3, 0.4) is 0 Å². The van der Waals surface area contributed by atoms with Gasteiger partial charge < -0.3 is 15.1 Å². The zero-order chi connectivity index (χ0) is 13.5. The molecule has 2 rings (SSSR count). The number of nitrogens with zero attached hydrogens (tertiary/aromatic N) is 1. The minimum absolute atomic E-state index is 0. The second kappa shape index (κ2) is 9.41. The third-order valence-electron chi connectivity index (χ3n) is 2.56. The molecular formula is C13H17BrIN3OS. The molecule has 110 valence electrons. The highest BCUT2D eigenvalue weighted by atomic mass is 127. The number of hydrogen-bond donors (Lipinski definition) is 2. The zero-order valence-corrected chi connectivity index (χ0v) is 15.8. The average molecular weight is 470 g/mol. The maximum atomic E-state index is 5.02. The summed E-state index contributed by atoms with van der Waals surface area (Å²) in [7, 11) is 1.77. The molecule has 0 aromatic carbocycles. The fourth-order valence-corrected chi connectivity index (χ4v) is 3.07. The topological polar surface area (TPSA) is 49.6 Å². The molecule has 0 fully saturated rings. The molecule has 0 saturated carbocycles. The number of hydrogen-bond acceptors (Lipinski definition) is 3. The minimum atomic E-state index is 0. The highest BCUT2D eigenvalue weighted by Crippen LogP contribution is 2.21. The SMILES string of the molecule is CN=C(NCCc1ccc(Br)s1)NCc1ccoc1.I. The Labute approximate surface area is 148 Å². The molecule has 0 amide bonds. The zero-order valence-electron chi connectivity index (χ0n) is 11.1. The van der Waals surface area contributed by atoms with Gasteiger partial charge in [0.15, 0.2) is 5.96 Å². The van der Waals surface area contributed by atoms with Gasteiger partial charge in [-0.05, 0) is 40.5 Å². The van der Waals surface area contributed by atoms with Gasteiger partial charge in [0.25, 0.3) is 0 Å². The van der Waals surface area contributed by atoms with Crippen LogP contribution in [0, 0.1) is 0 Å². The van der Waals surface area contributed by atoms with Crippen molar-refractivity contribution >= 4 is 57.2 Å². The standard InChI is InChI=1S/C13H16BrN3OS.HI/c1-15-13(17-8-10-5-7-18-9-10)16-6-4-11-2-3-12(14)19-11;/h2-3,5,7,9H,4,6,8H2,1H3,(H2,15,16,17);1H. The first-order chi connectivity index (χ1) is 9.28. The quantitative estimate of drug-likeness (QED) is 0.399. The van der Waals surface area contributed by atoms with Crippen LogP contribution in [0.15, 0.2) is 43.9 Å². The van der Waals surface area contributed by atoms with Crippen molar-refractivity contribution in [2.24, 2.45) is 4.99 Å². The summed E-state index contributed by atoms with van der Waals surface area (Å²) in [5.74, 6) is 0.803. The van der Waals surface area contributed by atoms with Crippen LogP contribution in [-0.4, -0.2) is 19.6 Å². The number of thiophene rings is 1. The summed E-state index contributed by atoms with van der Waals surface area (Å²) in [5.41, 5.74) is 1.10. The Bertz CT molecular complexity index is 527. The molecule has 2 aromatic heterocycles. The molecule has 0 aliphatic heterocycles. The molecule has 2 heterocycles. The Morgan fingerprint density at radius 1 is 1.35 bits per heavy atom. The van der Waals surface area contributed by atoms with Crippen molar-refractivity contribution in [3.8, 4) is 0 Å². The van der Waals surface area contributed by atoms with Gasteiger partial charge in [0.2, 0.25) is 0 Å². The first-order valence-corrected chi connectivity index (χ1v) is 7.58. The molecule has 0 saturated heterocycles. The van der Waals surface area contributed by atoms with Gasteiger partial charge in [-0.25, -0.2) is 0 Å². The predicted octanol–water partition coefficient (Wildman–Crippen LogP) is 3.63. The first kappa shape index (κ1) is 17.5. The van der Waals surface area contributed by atoms with Crippen LogP contribution in [0.5, 0.6) is 0 Å². The van der Waals surface area contributed by atoms with Crippen LogP contribution in [0.2, 0.25) is 0 Å². The van der Waals surface area contributed by atoms with Gasteiger partial charge in [0.1, 0.15) is 0 Å². The summed E-state index contributed by atoms with van der Waals surface area (Å²) in [6.07, 6.45) is 4.38. The van der Waals surface area contributed by atoms with Gasteiger partial charge in [-0.3, -0.25) is 4.99 Å². The molecule has 0 radical (unpaired) electrons. The van der Waals surface area contributed by atoms with Crippen molar-refractivity contribution in [2.45, 2.75) is 13.0 Å². The summed E-state index contributed by atoms with van der Waals surface area (Å²) < 4.78 is 6.19. The summed E-state index contributed by atoms with van der Waals surface area (Å²) >= 11 is 5.23. The Morgan fingerprint density at radius 3 is 2.80 bits per heavy atom. The molecule has 7 heteroatoms. The summed E-state index contributed by atoms with van der Waals surface area (Å²) in [4.78, 5) is 5.53. The lowest BCUT2D eigenvalue weighted by atomic mass is 10.3. The molecule has 2 N–H and O–H groups in total. The van der Waals surface area contributed by atoms with Crippen LogP contribution in [0.1, 0.15) is 10.4 Å². The number of nitrogens with one attached hydrogen (secondary N) is 2. The lowest BCUT2D eigenvalue weighted by Gasteiger charge is -2.10. The van der Waals surface area contributed by atoms with E-state index in [0.717, 1.165) is 24.5 Å². The number of furan rings is 1. The van der Waals surface area contributed by atoms with Crippen molar-refractivity contribution < 1.29 is 4.42 Å². The molecule has 20 heavy (non-hydrogen) atoms. The fourth-order valence-electron chi connectivity index (χ4n) is 1.59. The first-order valence-electron chi connectivity index (χ1n) is 5.98. The second-order valence-corrected chi connectivity index (χ2v) is 6.49. The normalized spacial score (nSPS) is 11.0. The van der Waals surface area contributed by atoms with E-state index in [-0.39, 0.29) is 24.0 Å². The lowest BCUT2D eigenvalue weighted by molar-refractivity contribution is 0.563. The summed E-state index contributed by atoms with van der Waals surface area (Å²) in [6.45, 7) is 1.57. The predicted molar refractivity (Wildman–Crippen MR) is 98.0 cm³/mol. The van der Waals surface area contributed by atoms with Crippen molar-refractivity contribution in [3.05, 3.63) is 45.0 Å². The van der Waals surface area contributed by atoms with E-state index in [1.165, 1.54) is 8.66 Å². The lowest BCUT2D eigenvalue weighted by Crippen LogP contribution is -2.37. The van der Waals surface area contributed by atoms with E-state index in [2.05, 4.69) is 43.7 Å². The third kappa shape index (κ3) is 5.84. The highest BCUT2D eigenvalue weighted by Gasteiger charge is 2.01. The van der Waals surface area contributed by atoms with E-state index in [0.29, 0.717) is 6.54 Å². The summed E-state index contributed by atoms with van der Waals surface area (Å²) in [5, 5.41) is 6.53. The van der Waals surface area contributed by atoms with E-state index in [9.17, 15) is 0 Å². The largest absolute Gasteiger partial charge is 0.472 e. The fraction of sp³-hybridized carbons (Fsp3) is 0.308. The Morgan fingerprint density at radius 2 is 2.20 bits per heavy atom. The Kier molecular flexibility index (Phi) is 8.24. The molecule has 0 atom stereocenters. The molecule has 0 aliphatic carbocycles. The number of halogens is 2. The van der Waals surface area contributed by atoms with Crippen LogP contribution >= 0.6 is 51.2 Å².